The minimum absolute atomic E-state index is 0.0746. The van der Waals surface area contributed by atoms with Crippen molar-refractivity contribution in [3.05, 3.63) is 118 Å². The second-order valence-electron chi connectivity index (χ2n) is 12.7. The fourth-order valence-corrected chi connectivity index (χ4v) is 6.76. The first-order chi connectivity index (χ1) is 22.9. The van der Waals surface area contributed by atoms with Crippen LogP contribution in [0.2, 0.25) is 0 Å². The quantitative estimate of drug-likeness (QED) is 0.149. The van der Waals surface area contributed by atoms with Crippen LogP contribution in [0, 0.1) is 0 Å². The maximum atomic E-state index is 13.1. The van der Waals surface area contributed by atoms with Crippen molar-refractivity contribution in [1.29, 1.82) is 0 Å². The first-order valence-corrected chi connectivity index (χ1v) is 17.7. The first-order valence-electron chi connectivity index (χ1n) is 16.0. The first kappa shape index (κ1) is 34.6. The van der Waals surface area contributed by atoms with Gasteiger partial charge in [-0.3, -0.25) is 4.57 Å². The number of aromatic nitrogens is 5. The zero-order valence-electron chi connectivity index (χ0n) is 28.4. The molecule has 2 aromatic carbocycles. The Labute approximate surface area is 282 Å². The summed E-state index contributed by atoms with van der Waals surface area (Å²) in [6.07, 6.45) is 3.61. The number of methoxy groups -OCH3 is 2. The van der Waals surface area contributed by atoms with Gasteiger partial charge in [0.15, 0.2) is 9.84 Å². The van der Waals surface area contributed by atoms with E-state index in [1.54, 1.807) is 15.3 Å². The summed E-state index contributed by atoms with van der Waals surface area (Å²) in [6, 6.07) is 23.0. The van der Waals surface area contributed by atoms with Gasteiger partial charge < -0.3 is 9.47 Å². The Morgan fingerprint density at radius 2 is 1.54 bits per heavy atom. The SMILES string of the molecule is CCn1c(CCCc2ccc(-c3ccc(OC)c(CS(=O)(=O)c4ccc(OC)nc4)n3)cc2)nn(Cc2ccc(C(C)(C)C)cc2)c1=O. The highest BCUT2D eigenvalue weighted by Gasteiger charge is 2.21. The van der Waals surface area contributed by atoms with Gasteiger partial charge in [-0.1, -0.05) is 69.3 Å². The molecule has 0 radical (unpaired) electrons. The summed E-state index contributed by atoms with van der Waals surface area (Å²) in [4.78, 5) is 21.9. The van der Waals surface area contributed by atoms with E-state index in [1.807, 2.05) is 37.3 Å². The summed E-state index contributed by atoms with van der Waals surface area (Å²) >= 11 is 0. The number of nitrogens with zero attached hydrogens (tertiary/aromatic N) is 5. The van der Waals surface area contributed by atoms with Crippen molar-refractivity contribution >= 4 is 9.84 Å². The lowest BCUT2D eigenvalue weighted by molar-refractivity contribution is 0.397. The predicted molar refractivity (Wildman–Crippen MR) is 186 cm³/mol. The van der Waals surface area contributed by atoms with Crippen LogP contribution in [0.15, 0.2) is 88.7 Å². The summed E-state index contributed by atoms with van der Waals surface area (Å²) in [6.45, 7) is 9.54. The molecule has 48 heavy (non-hydrogen) atoms. The molecule has 0 saturated carbocycles. The molecule has 0 aliphatic heterocycles. The van der Waals surface area contributed by atoms with Gasteiger partial charge in [-0.25, -0.2) is 27.9 Å². The molecule has 5 rings (SSSR count). The molecule has 0 aliphatic carbocycles. The number of benzene rings is 2. The number of hydrogen-bond donors (Lipinski definition) is 0. The van der Waals surface area contributed by atoms with Crippen LogP contribution in [0.4, 0.5) is 0 Å². The standard InChI is InChI=1S/C37H43N5O5S/c1-7-41-34(40-42(36(41)43)24-27-13-17-29(18-14-27)37(2,3)4)10-8-9-26-11-15-28(16-12-26)31-20-21-33(46-5)32(39-31)25-48(44,45)30-19-22-35(47-6)38-23-30/h11-23H,7-10,24-25H2,1-6H3. The lowest BCUT2D eigenvalue weighted by Gasteiger charge is -2.19. The average molecular weight is 670 g/mol. The molecular formula is C37H43N5O5S. The van der Waals surface area contributed by atoms with Crippen LogP contribution in [0.1, 0.15) is 62.3 Å². The number of rotatable bonds is 13. The molecule has 0 fully saturated rings. The van der Waals surface area contributed by atoms with Crippen LogP contribution in [0.3, 0.4) is 0 Å². The molecule has 3 heterocycles. The van der Waals surface area contributed by atoms with Gasteiger partial charge in [0, 0.05) is 30.8 Å². The normalized spacial score (nSPS) is 11.9. The van der Waals surface area contributed by atoms with Crippen LogP contribution in [0.25, 0.3) is 11.3 Å². The van der Waals surface area contributed by atoms with E-state index in [1.165, 1.54) is 38.1 Å². The van der Waals surface area contributed by atoms with Crippen LogP contribution >= 0.6 is 0 Å². The van der Waals surface area contributed by atoms with Crippen LogP contribution in [-0.4, -0.2) is 47.0 Å². The van der Waals surface area contributed by atoms with Gasteiger partial charge in [-0.2, -0.15) is 5.10 Å². The van der Waals surface area contributed by atoms with E-state index >= 15 is 0 Å². The summed E-state index contributed by atoms with van der Waals surface area (Å²) in [5, 5.41) is 4.70. The lowest BCUT2D eigenvalue weighted by atomic mass is 9.87. The molecule has 5 aromatic rings. The Kier molecular flexibility index (Phi) is 10.5. The largest absolute Gasteiger partial charge is 0.495 e. The summed E-state index contributed by atoms with van der Waals surface area (Å²) < 4.78 is 40.1. The third kappa shape index (κ3) is 8.02. The highest BCUT2D eigenvalue weighted by molar-refractivity contribution is 7.90. The van der Waals surface area contributed by atoms with Crippen molar-refractivity contribution in [3.8, 4) is 22.9 Å². The Morgan fingerprint density at radius 3 is 2.15 bits per heavy atom. The van der Waals surface area contributed by atoms with Crippen molar-refractivity contribution in [2.45, 2.75) is 76.1 Å². The molecule has 10 nitrogen and oxygen atoms in total. The molecule has 252 valence electrons. The number of pyridine rings is 2. The van der Waals surface area contributed by atoms with Crippen molar-refractivity contribution in [3.63, 3.8) is 0 Å². The van der Waals surface area contributed by atoms with Gasteiger partial charge in [0.2, 0.25) is 5.88 Å². The molecule has 0 aliphatic rings. The minimum Gasteiger partial charge on any atom is -0.495 e. The van der Waals surface area contributed by atoms with Crippen LogP contribution < -0.4 is 15.2 Å². The molecule has 11 heteroatoms. The van der Waals surface area contributed by atoms with E-state index in [9.17, 15) is 13.2 Å². The Bertz CT molecular complexity index is 2010. The van der Waals surface area contributed by atoms with Crippen molar-refractivity contribution in [2.24, 2.45) is 0 Å². The highest BCUT2D eigenvalue weighted by Crippen LogP contribution is 2.27. The van der Waals surface area contributed by atoms with Gasteiger partial charge in [0.25, 0.3) is 0 Å². The lowest BCUT2D eigenvalue weighted by Crippen LogP contribution is -2.25. The summed E-state index contributed by atoms with van der Waals surface area (Å²) in [5.74, 6) is 1.19. The van der Waals surface area contributed by atoms with Crippen molar-refractivity contribution in [1.82, 2.24) is 24.3 Å². The second kappa shape index (κ2) is 14.6. The fraction of sp³-hybridized carbons (Fsp3) is 0.351. The smallest absolute Gasteiger partial charge is 0.346 e. The van der Waals surface area contributed by atoms with Crippen molar-refractivity contribution < 1.29 is 17.9 Å². The maximum absolute atomic E-state index is 13.1. The molecule has 0 saturated heterocycles. The van der Waals surface area contributed by atoms with Gasteiger partial charge in [-0.05, 0) is 60.1 Å². The van der Waals surface area contributed by atoms with Gasteiger partial charge >= 0.3 is 5.69 Å². The van der Waals surface area contributed by atoms with E-state index in [0.717, 1.165) is 35.4 Å². The molecule has 0 amide bonds. The minimum atomic E-state index is -3.73. The van der Waals surface area contributed by atoms with E-state index in [-0.39, 0.29) is 21.8 Å². The number of hydrogen-bond acceptors (Lipinski definition) is 8. The third-order valence-corrected chi connectivity index (χ3v) is 9.95. The zero-order valence-corrected chi connectivity index (χ0v) is 29.3. The molecule has 0 bridgehead atoms. The number of ether oxygens (including phenoxy) is 2. The topological polar surface area (TPSA) is 118 Å². The van der Waals surface area contributed by atoms with E-state index in [4.69, 9.17) is 14.6 Å². The molecule has 0 spiro atoms. The summed E-state index contributed by atoms with van der Waals surface area (Å²) in [5.41, 5.74) is 5.26. The van der Waals surface area contributed by atoms with Crippen molar-refractivity contribution in [2.75, 3.05) is 14.2 Å². The third-order valence-electron chi connectivity index (χ3n) is 8.34. The summed E-state index contributed by atoms with van der Waals surface area (Å²) in [7, 11) is -0.762. The average Bonchev–Trinajstić information content (AvgIpc) is 3.37. The van der Waals surface area contributed by atoms with Gasteiger partial charge in [0.1, 0.15) is 17.3 Å². The van der Waals surface area contributed by atoms with E-state index in [2.05, 4.69) is 55.0 Å². The van der Waals surface area contributed by atoms with Crippen LogP contribution in [0.5, 0.6) is 11.6 Å². The molecule has 0 unspecified atom stereocenters. The highest BCUT2D eigenvalue weighted by atomic mass is 32.2. The Morgan fingerprint density at radius 1 is 0.833 bits per heavy atom. The second-order valence-corrected chi connectivity index (χ2v) is 14.7. The number of aryl methyl sites for hydroxylation is 2. The zero-order chi connectivity index (χ0) is 34.5. The fourth-order valence-electron chi connectivity index (χ4n) is 5.54. The Hall–Kier alpha value is -4.77. The predicted octanol–water partition coefficient (Wildman–Crippen LogP) is 6.03. The molecule has 0 atom stereocenters. The van der Waals surface area contributed by atoms with Gasteiger partial charge in [0.05, 0.1) is 37.0 Å². The molecule has 0 N–H and O–H groups in total. The van der Waals surface area contributed by atoms with E-state index < -0.39 is 9.84 Å². The maximum Gasteiger partial charge on any atom is 0.346 e. The molecule has 3 aromatic heterocycles. The van der Waals surface area contributed by atoms with Gasteiger partial charge in [-0.15, -0.1) is 0 Å². The number of sulfone groups is 1. The molecular weight excluding hydrogens is 627 g/mol. The monoisotopic (exact) mass is 669 g/mol. The van der Waals surface area contributed by atoms with E-state index in [0.29, 0.717) is 42.5 Å². The van der Waals surface area contributed by atoms with Crippen LogP contribution in [-0.2, 0) is 46.9 Å². The Balaban J connectivity index is 1.24.